The summed E-state index contributed by atoms with van der Waals surface area (Å²) in [6.45, 7) is 3.55. The average molecular weight is 315 g/mol. The third kappa shape index (κ3) is 5.39. The zero-order valence-corrected chi connectivity index (χ0v) is 12.3. The Morgan fingerprint density at radius 1 is 1.43 bits per heavy atom. The number of nitrogens with one attached hydrogen (secondary N) is 1. The lowest BCUT2D eigenvalue weighted by molar-refractivity contribution is -0.384. The molecule has 0 saturated carbocycles. The second kappa shape index (κ2) is 7.58. The van der Waals surface area contributed by atoms with Crippen molar-refractivity contribution in [3.05, 3.63) is 38.9 Å². The van der Waals surface area contributed by atoms with Crippen molar-refractivity contribution >= 4 is 29.2 Å². The number of nitro groups is 1. The number of esters is 1. The van der Waals surface area contributed by atoms with Gasteiger partial charge in [-0.25, -0.2) is 0 Å². The van der Waals surface area contributed by atoms with Gasteiger partial charge in [-0.05, 0) is 19.9 Å². The number of amides is 1. The quantitative estimate of drug-likeness (QED) is 0.493. The van der Waals surface area contributed by atoms with Crippen LogP contribution in [0.1, 0.15) is 30.6 Å². The van der Waals surface area contributed by atoms with Crippen LogP contribution in [0.2, 0.25) is 5.02 Å². The summed E-state index contributed by atoms with van der Waals surface area (Å²) in [6, 6.07) is 3.56. The summed E-state index contributed by atoms with van der Waals surface area (Å²) < 4.78 is 4.91. The molecule has 0 aromatic heterocycles. The van der Waals surface area contributed by atoms with E-state index < -0.39 is 16.8 Å². The van der Waals surface area contributed by atoms with Gasteiger partial charge >= 0.3 is 5.97 Å². The molecule has 114 valence electrons. The Kier molecular flexibility index (Phi) is 6.10. The highest BCUT2D eigenvalue weighted by Gasteiger charge is 2.15. The van der Waals surface area contributed by atoms with E-state index in [0.717, 1.165) is 6.07 Å². The van der Waals surface area contributed by atoms with Gasteiger partial charge in [0.15, 0.2) is 0 Å². The summed E-state index contributed by atoms with van der Waals surface area (Å²) in [5.74, 6) is -0.924. The topological polar surface area (TPSA) is 98.5 Å². The van der Waals surface area contributed by atoms with Crippen LogP contribution in [-0.4, -0.2) is 29.4 Å². The Balaban J connectivity index is 2.56. The van der Waals surface area contributed by atoms with Gasteiger partial charge in [0, 0.05) is 18.7 Å². The van der Waals surface area contributed by atoms with Crippen molar-refractivity contribution < 1.29 is 19.2 Å². The van der Waals surface area contributed by atoms with Gasteiger partial charge in [-0.15, -0.1) is 0 Å². The number of ether oxygens (including phenoxy) is 1. The third-order valence-corrected chi connectivity index (χ3v) is 2.70. The number of hydrogen-bond donors (Lipinski definition) is 1. The molecule has 21 heavy (non-hydrogen) atoms. The van der Waals surface area contributed by atoms with Gasteiger partial charge in [-0.3, -0.25) is 19.7 Å². The second-order valence-corrected chi connectivity index (χ2v) is 4.87. The molecular weight excluding hydrogens is 300 g/mol. The average Bonchev–Trinajstić information content (AvgIpc) is 2.37. The van der Waals surface area contributed by atoms with Crippen molar-refractivity contribution in [2.75, 3.05) is 6.54 Å². The van der Waals surface area contributed by atoms with Crippen molar-refractivity contribution in [2.24, 2.45) is 0 Å². The first-order valence-corrected chi connectivity index (χ1v) is 6.60. The predicted octanol–water partition coefficient (Wildman–Crippen LogP) is 2.32. The Bertz CT molecular complexity index is 559. The van der Waals surface area contributed by atoms with E-state index in [-0.39, 0.29) is 35.3 Å². The first-order chi connectivity index (χ1) is 9.81. The highest BCUT2D eigenvalue weighted by Crippen LogP contribution is 2.22. The minimum atomic E-state index is -0.602. The van der Waals surface area contributed by atoms with Crippen molar-refractivity contribution in [3.8, 4) is 0 Å². The Labute approximate surface area is 126 Å². The molecule has 0 unspecified atom stereocenters. The van der Waals surface area contributed by atoms with E-state index in [2.05, 4.69) is 5.32 Å². The summed E-state index contributed by atoms with van der Waals surface area (Å²) in [6.07, 6.45) is -0.175. The van der Waals surface area contributed by atoms with E-state index in [1.165, 1.54) is 12.1 Å². The molecule has 0 bridgehead atoms. The summed E-state index contributed by atoms with van der Waals surface area (Å²) in [7, 11) is 0. The summed E-state index contributed by atoms with van der Waals surface area (Å²) in [4.78, 5) is 33.1. The normalized spacial score (nSPS) is 10.3. The Morgan fingerprint density at radius 2 is 2.10 bits per heavy atom. The molecule has 1 aromatic rings. The van der Waals surface area contributed by atoms with Gasteiger partial charge < -0.3 is 10.1 Å². The molecule has 8 heteroatoms. The smallest absolute Gasteiger partial charge is 0.307 e. The number of nitro benzene ring substituents is 1. The SMILES string of the molecule is CC(C)OC(=O)CCNC(=O)c1ccc([N+](=O)[O-])cc1Cl. The van der Waals surface area contributed by atoms with Crippen LogP contribution in [0.5, 0.6) is 0 Å². The van der Waals surface area contributed by atoms with Crippen molar-refractivity contribution in [1.82, 2.24) is 5.32 Å². The van der Waals surface area contributed by atoms with E-state index in [9.17, 15) is 19.7 Å². The van der Waals surface area contributed by atoms with Crippen LogP contribution in [0.15, 0.2) is 18.2 Å². The highest BCUT2D eigenvalue weighted by atomic mass is 35.5. The molecule has 0 radical (unpaired) electrons. The maximum absolute atomic E-state index is 11.8. The summed E-state index contributed by atoms with van der Waals surface area (Å²) in [5, 5.41) is 13.0. The standard InChI is InChI=1S/C13H15ClN2O5/c1-8(2)21-12(17)5-6-15-13(18)10-4-3-9(16(19)20)7-11(10)14/h3-4,7-8H,5-6H2,1-2H3,(H,15,18). The first kappa shape index (κ1) is 16.9. The number of carbonyl (C=O) groups is 2. The molecule has 0 fully saturated rings. The Hall–Kier alpha value is -2.15. The largest absolute Gasteiger partial charge is 0.463 e. The monoisotopic (exact) mass is 314 g/mol. The fourth-order valence-corrected chi connectivity index (χ4v) is 1.76. The van der Waals surface area contributed by atoms with Crippen LogP contribution in [0, 0.1) is 10.1 Å². The molecule has 0 heterocycles. The molecule has 0 aliphatic rings. The molecule has 0 spiro atoms. The van der Waals surface area contributed by atoms with E-state index in [1.54, 1.807) is 13.8 Å². The molecule has 1 rings (SSSR count). The lowest BCUT2D eigenvalue weighted by atomic mass is 10.2. The van der Waals surface area contributed by atoms with Gasteiger partial charge in [0.1, 0.15) is 0 Å². The molecule has 0 aliphatic heterocycles. The fraction of sp³-hybridized carbons (Fsp3) is 0.385. The summed E-state index contributed by atoms with van der Waals surface area (Å²) >= 11 is 5.82. The van der Waals surface area contributed by atoms with Crippen LogP contribution in [0.25, 0.3) is 0 Å². The lowest BCUT2D eigenvalue weighted by Gasteiger charge is -2.09. The molecule has 1 aromatic carbocycles. The molecule has 1 N–H and O–H groups in total. The number of hydrogen-bond acceptors (Lipinski definition) is 5. The predicted molar refractivity (Wildman–Crippen MR) is 76.3 cm³/mol. The molecule has 7 nitrogen and oxygen atoms in total. The molecule has 0 atom stereocenters. The van der Waals surface area contributed by atoms with Crippen LogP contribution < -0.4 is 5.32 Å². The molecule has 0 aliphatic carbocycles. The van der Waals surface area contributed by atoms with Crippen LogP contribution >= 0.6 is 11.6 Å². The second-order valence-electron chi connectivity index (χ2n) is 4.47. The number of rotatable bonds is 6. The van der Waals surface area contributed by atoms with Crippen LogP contribution in [0.3, 0.4) is 0 Å². The van der Waals surface area contributed by atoms with Crippen molar-refractivity contribution in [3.63, 3.8) is 0 Å². The molecule has 0 saturated heterocycles. The van der Waals surface area contributed by atoms with Crippen LogP contribution in [0.4, 0.5) is 5.69 Å². The molecule has 1 amide bonds. The van der Waals surface area contributed by atoms with Crippen molar-refractivity contribution in [2.45, 2.75) is 26.4 Å². The van der Waals surface area contributed by atoms with Gasteiger partial charge in [0.25, 0.3) is 11.6 Å². The third-order valence-electron chi connectivity index (χ3n) is 2.39. The van der Waals surface area contributed by atoms with Crippen molar-refractivity contribution in [1.29, 1.82) is 0 Å². The minimum Gasteiger partial charge on any atom is -0.463 e. The Morgan fingerprint density at radius 3 is 2.62 bits per heavy atom. The number of halogens is 1. The zero-order chi connectivity index (χ0) is 16.0. The minimum absolute atomic E-state index is 0.0218. The number of benzene rings is 1. The van der Waals surface area contributed by atoms with Gasteiger partial charge in [0.2, 0.25) is 0 Å². The van der Waals surface area contributed by atoms with E-state index in [1.807, 2.05) is 0 Å². The van der Waals surface area contributed by atoms with Gasteiger partial charge in [-0.1, -0.05) is 11.6 Å². The number of nitrogens with zero attached hydrogens (tertiary/aromatic N) is 1. The van der Waals surface area contributed by atoms with E-state index in [4.69, 9.17) is 16.3 Å². The maximum atomic E-state index is 11.8. The molecular formula is C13H15ClN2O5. The van der Waals surface area contributed by atoms with E-state index in [0.29, 0.717) is 0 Å². The van der Waals surface area contributed by atoms with Gasteiger partial charge in [-0.2, -0.15) is 0 Å². The van der Waals surface area contributed by atoms with E-state index >= 15 is 0 Å². The number of non-ortho nitro benzene ring substituents is 1. The van der Waals surface area contributed by atoms with Crippen LogP contribution in [-0.2, 0) is 9.53 Å². The van der Waals surface area contributed by atoms with Gasteiger partial charge in [0.05, 0.1) is 28.0 Å². The maximum Gasteiger partial charge on any atom is 0.307 e. The lowest BCUT2D eigenvalue weighted by Crippen LogP contribution is -2.27. The summed E-state index contributed by atoms with van der Waals surface area (Å²) in [5.41, 5.74) is -0.0865. The fourth-order valence-electron chi connectivity index (χ4n) is 1.50. The highest BCUT2D eigenvalue weighted by molar-refractivity contribution is 6.34. The first-order valence-electron chi connectivity index (χ1n) is 6.23. The number of carbonyl (C=O) groups excluding carboxylic acids is 2. The zero-order valence-electron chi connectivity index (χ0n) is 11.6.